The van der Waals surface area contributed by atoms with Crippen molar-refractivity contribution in [3.63, 3.8) is 0 Å². The van der Waals surface area contributed by atoms with E-state index >= 15 is 0 Å². The number of nitrogen functional groups attached to an aromatic ring is 1. The van der Waals surface area contributed by atoms with Gasteiger partial charge in [-0.25, -0.2) is 8.42 Å². The summed E-state index contributed by atoms with van der Waals surface area (Å²) in [5.41, 5.74) is 9.00. The molecule has 0 atom stereocenters. The zero-order valence-electron chi connectivity index (χ0n) is 10.7. The second kappa shape index (κ2) is 5.28. The number of hydrogen-bond acceptors (Lipinski definition) is 4. The molecule has 18 heavy (non-hydrogen) atoms. The van der Waals surface area contributed by atoms with Gasteiger partial charge < -0.3 is 5.73 Å². The molecule has 1 aliphatic heterocycles. The maximum Gasteiger partial charge on any atom is 0.151 e. The van der Waals surface area contributed by atoms with Crippen LogP contribution in [0.4, 0.5) is 5.69 Å². The van der Waals surface area contributed by atoms with Gasteiger partial charge in [-0.1, -0.05) is 13.0 Å². The fourth-order valence-electron chi connectivity index (χ4n) is 2.32. The summed E-state index contributed by atoms with van der Waals surface area (Å²) in [5.74, 6) is 0.547. The Morgan fingerprint density at radius 3 is 2.67 bits per heavy atom. The molecule has 0 bridgehead atoms. The van der Waals surface area contributed by atoms with Gasteiger partial charge in [0.1, 0.15) is 0 Å². The Morgan fingerprint density at radius 2 is 1.94 bits per heavy atom. The van der Waals surface area contributed by atoms with Crippen LogP contribution in [0.15, 0.2) is 18.2 Å². The molecular weight excluding hydrogens is 248 g/mol. The lowest BCUT2D eigenvalue weighted by atomic mass is 10.1. The van der Waals surface area contributed by atoms with Crippen molar-refractivity contribution in [2.24, 2.45) is 0 Å². The molecule has 4 nitrogen and oxygen atoms in total. The average Bonchev–Trinajstić information content (AvgIpc) is 2.68. The molecule has 5 heteroatoms. The predicted molar refractivity (Wildman–Crippen MR) is 73.9 cm³/mol. The smallest absolute Gasteiger partial charge is 0.151 e. The number of nitrogens with zero attached hydrogens (tertiary/aromatic N) is 1. The molecule has 0 radical (unpaired) electrons. The topological polar surface area (TPSA) is 63.4 Å². The van der Waals surface area contributed by atoms with Crippen LogP contribution in [-0.2, 0) is 22.9 Å². The molecule has 0 fully saturated rings. The first-order chi connectivity index (χ1) is 8.50. The van der Waals surface area contributed by atoms with Gasteiger partial charge >= 0.3 is 0 Å². The third-order valence-corrected chi connectivity index (χ3v) is 5.09. The molecule has 1 aliphatic rings. The van der Waals surface area contributed by atoms with E-state index in [0.29, 0.717) is 18.7 Å². The maximum atomic E-state index is 11.7. The molecule has 0 saturated heterocycles. The Labute approximate surface area is 109 Å². The second-order valence-electron chi connectivity index (χ2n) is 4.89. The van der Waals surface area contributed by atoms with E-state index in [4.69, 9.17) is 5.73 Å². The van der Waals surface area contributed by atoms with Gasteiger partial charge in [-0.3, -0.25) is 4.90 Å². The van der Waals surface area contributed by atoms with Gasteiger partial charge in [-0.05, 0) is 29.7 Å². The molecule has 1 heterocycles. The Hall–Kier alpha value is -1.07. The summed E-state index contributed by atoms with van der Waals surface area (Å²) in [6.45, 7) is 4.14. The predicted octanol–water partition coefficient (Wildman–Crippen LogP) is 1.41. The standard InChI is InChI=1S/C13H20N2O2S/c1-2-6-18(16,17)7-5-15-9-11-3-4-13(14)8-12(11)10-15/h3-4,8H,2,5-7,9-10,14H2,1H3. The lowest BCUT2D eigenvalue weighted by Crippen LogP contribution is -2.25. The minimum Gasteiger partial charge on any atom is -0.399 e. The van der Waals surface area contributed by atoms with E-state index in [1.165, 1.54) is 11.1 Å². The van der Waals surface area contributed by atoms with Crippen LogP contribution < -0.4 is 5.73 Å². The van der Waals surface area contributed by atoms with Crippen LogP contribution in [0.2, 0.25) is 0 Å². The molecule has 100 valence electrons. The minimum absolute atomic E-state index is 0.254. The van der Waals surface area contributed by atoms with Gasteiger partial charge in [0, 0.05) is 31.1 Å². The highest BCUT2D eigenvalue weighted by Gasteiger charge is 2.20. The highest BCUT2D eigenvalue weighted by atomic mass is 32.2. The van der Waals surface area contributed by atoms with Crippen molar-refractivity contribution in [2.45, 2.75) is 26.4 Å². The van der Waals surface area contributed by atoms with Crippen molar-refractivity contribution in [1.82, 2.24) is 4.90 Å². The summed E-state index contributed by atoms with van der Waals surface area (Å²) < 4.78 is 23.3. The maximum absolute atomic E-state index is 11.7. The quantitative estimate of drug-likeness (QED) is 0.820. The number of sulfone groups is 1. The van der Waals surface area contributed by atoms with E-state index in [2.05, 4.69) is 4.90 Å². The minimum atomic E-state index is -2.88. The Balaban J connectivity index is 1.92. The van der Waals surface area contributed by atoms with E-state index < -0.39 is 9.84 Å². The summed E-state index contributed by atoms with van der Waals surface area (Å²) in [4.78, 5) is 2.16. The van der Waals surface area contributed by atoms with Crippen molar-refractivity contribution in [3.8, 4) is 0 Å². The van der Waals surface area contributed by atoms with Crippen molar-refractivity contribution >= 4 is 15.5 Å². The molecule has 0 unspecified atom stereocenters. The van der Waals surface area contributed by atoms with Crippen molar-refractivity contribution in [1.29, 1.82) is 0 Å². The van der Waals surface area contributed by atoms with E-state index in [9.17, 15) is 8.42 Å². The van der Waals surface area contributed by atoms with Crippen LogP contribution in [0.3, 0.4) is 0 Å². The van der Waals surface area contributed by atoms with Gasteiger partial charge in [0.05, 0.1) is 5.75 Å². The highest BCUT2D eigenvalue weighted by molar-refractivity contribution is 7.91. The van der Waals surface area contributed by atoms with E-state index in [0.717, 1.165) is 18.8 Å². The average molecular weight is 268 g/mol. The van der Waals surface area contributed by atoms with E-state index in [1.807, 2.05) is 25.1 Å². The normalized spacial score (nSPS) is 15.8. The number of nitrogens with two attached hydrogens (primary N) is 1. The SMILES string of the molecule is CCCS(=O)(=O)CCN1Cc2ccc(N)cc2C1. The van der Waals surface area contributed by atoms with E-state index in [1.54, 1.807) is 0 Å². The number of fused-ring (bicyclic) bond motifs is 1. The third-order valence-electron chi connectivity index (χ3n) is 3.25. The fourth-order valence-corrected chi connectivity index (χ4v) is 3.69. The lowest BCUT2D eigenvalue weighted by molar-refractivity contribution is 0.301. The fraction of sp³-hybridized carbons (Fsp3) is 0.538. The largest absolute Gasteiger partial charge is 0.399 e. The first-order valence-corrected chi connectivity index (χ1v) is 8.12. The zero-order chi connectivity index (χ0) is 13.2. The summed E-state index contributed by atoms with van der Waals surface area (Å²) in [7, 11) is -2.88. The van der Waals surface area contributed by atoms with Crippen molar-refractivity contribution in [2.75, 3.05) is 23.8 Å². The van der Waals surface area contributed by atoms with Crippen LogP contribution in [0, 0.1) is 0 Å². The molecule has 1 aromatic carbocycles. The van der Waals surface area contributed by atoms with Crippen molar-refractivity contribution < 1.29 is 8.42 Å². The Bertz CT molecular complexity index is 526. The second-order valence-corrected chi connectivity index (χ2v) is 7.19. The summed E-state index contributed by atoms with van der Waals surface area (Å²) in [6.07, 6.45) is 0.694. The molecule has 0 aliphatic carbocycles. The monoisotopic (exact) mass is 268 g/mol. The summed E-state index contributed by atoms with van der Waals surface area (Å²) >= 11 is 0. The number of anilines is 1. The van der Waals surface area contributed by atoms with Gasteiger partial charge in [0.25, 0.3) is 0 Å². The Morgan fingerprint density at radius 1 is 1.22 bits per heavy atom. The van der Waals surface area contributed by atoms with Gasteiger partial charge in [0.2, 0.25) is 0 Å². The van der Waals surface area contributed by atoms with Crippen LogP contribution >= 0.6 is 0 Å². The molecule has 0 amide bonds. The lowest BCUT2D eigenvalue weighted by Gasteiger charge is -2.14. The zero-order valence-corrected chi connectivity index (χ0v) is 11.5. The molecule has 1 aromatic rings. The van der Waals surface area contributed by atoms with Crippen molar-refractivity contribution in [3.05, 3.63) is 29.3 Å². The highest BCUT2D eigenvalue weighted by Crippen LogP contribution is 2.24. The summed E-state index contributed by atoms with van der Waals surface area (Å²) in [6, 6.07) is 5.91. The number of rotatable bonds is 5. The third kappa shape index (κ3) is 3.23. The first-order valence-electron chi connectivity index (χ1n) is 6.30. The number of hydrogen-bond donors (Lipinski definition) is 1. The molecule has 0 saturated carbocycles. The number of benzene rings is 1. The van der Waals surface area contributed by atoms with E-state index in [-0.39, 0.29) is 5.75 Å². The molecule has 2 N–H and O–H groups in total. The molecular formula is C13H20N2O2S. The Kier molecular flexibility index (Phi) is 3.92. The van der Waals surface area contributed by atoms with Crippen LogP contribution in [0.25, 0.3) is 0 Å². The first kappa shape index (κ1) is 13.4. The molecule has 0 spiro atoms. The van der Waals surface area contributed by atoms with Gasteiger partial charge in [-0.15, -0.1) is 0 Å². The van der Waals surface area contributed by atoms with Gasteiger partial charge in [0.15, 0.2) is 9.84 Å². The molecule has 0 aromatic heterocycles. The summed E-state index contributed by atoms with van der Waals surface area (Å²) in [5, 5.41) is 0. The van der Waals surface area contributed by atoms with Gasteiger partial charge in [-0.2, -0.15) is 0 Å². The van der Waals surface area contributed by atoms with Crippen LogP contribution in [-0.4, -0.2) is 31.4 Å². The molecule has 2 rings (SSSR count). The van der Waals surface area contributed by atoms with Crippen LogP contribution in [0.1, 0.15) is 24.5 Å². The van der Waals surface area contributed by atoms with Crippen LogP contribution in [0.5, 0.6) is 0 Å².